The van der Waals surface area contributed by atoms with Gasteiger partial charge in [0.1, 0.15) is 11.6 Å². The standard InChI is InChI=1S/C19H21FN6O2/c1-11(12-3-5-13(20)6-4-12)22-19(27)23-17-7-16-15(8-21-17)18(25-24-16)26-9-14(10-26)28-2/h3-8,11,14H,9-10H2,1-2H3,(H,24,25)(H2,21,22,23,27). The van der Waals surface area contributed by atoms with Crippen LogP contribution in [0.5, 0.6) is 0 Å². The summed E-state index contributed by atoms with van der Waals surface area (Å²) in [5.74, 6) is 0.925. The number of rotatable bonds is 5. The Balaban J connectivity index is 1.40. The minimum absolute atomic E-state index is 0.229. The van der Waals surface area contributed by atoms with Gasteiger partial charge in [0.05, 0.1) is 23.0 Å². The highest BCUT2D eigenvalue weighted by molar-refractivity contribution is 5.94. The average Bonchev–Trinajstić information content (AvgIpc) is 3.04. The van der Waals surface area contributed by atoms with Crippen molar-refractivity contribution in [2.45, 2.75) is 19.1 Å². The van der Waals surface area contributed by atoms with Crippen molar-refractivity contribution in [3.05, 3.63) is 47.9 Å². The van der Waals surface area contributed by atoms with E-state index in [2.05, 4.69) is 30.7 Å². The molecule has 2 amide bonds. The summed E-state index contributed by atoms with van der Waals surface area (Å²) in [7, 11) is 1.70. The molecule has 1 aliphatic heterocycles. The van der Waals surface area contributed by atoms with E-state index in [0.717, 1.165) is 35.4 Å². The van der Waals surface area contributed by atoms with Gasteiger partial charge >= 0.3 is 6.03 Å². The summed E-state index contributed by atoms with van der Waals surface area (Å²) in [6, 6.07) is 7.08. The molecule has 1 aromatic carbocycles. The lowest BCUT2D eigenvalue weighted by atomic mass is 10.1. The van der Waals surface area contributed by atoms with E-state index < -0.39 is 6.03 Å². The van der Waals surface area contributed by atoms with Gasteiger partial charge in [0.25, 0.3) is 0 Å². The molecule has 2 aromatic heterocycles. The van der Waals surface area contributed by atoms with E-state index in [-0.39, 0.29) is 18.0 Å². The number of ether oxygens (including phenoxy) is 1. The fourth-order valence-electron chi connectivity index (χ4n) is 3.15. The lowest BCUT2D eigenvalue weighted by molar-refractivity contribution is 0.0784. The molecule has 1 unspecified atom stereocenters. The fourth-order valence-corrected chi connectivity index (χ4v) is 3.15. The van der Waals surface area contributed by atoms with Gasteiger partial charge in [0.2, 0.25) is 0 Å². The Kier molecular flexibility index (Phi) is 4.82. The van der Waals surface area contributed by atoms with Gasteiger partial charge in [-0.1, -0.05) is 12.1 Å². The van der Waals surface area contributed by atoms with Crippen LogP contribution in [-0.4, -0.2) is 47.5 Å². The lowest BCUT2D eigenvalue weighted by Crippen LogP contribution is -2.52. The minimum atomic E-state index is -0.394. The topological polar surface area (TPSA) is 95.2 Å². The molecule has 0 saturated carbocycles. The van der Waals surface area contributed by atoms with Gasteiger partial charge < -0.3 is 15.0 Å². The fraction of sp³-hybridized carbons (Fsp3) is 0.316. The molecule has 3 N–H and O–H groups in total. The zero-order valence-electron chi connectivity index (χ0n) is 15.6. The third-order valence-electron chi connectivity index (χ3n) is 4.87. The third-order valence-corrected chi connectivity index (χ3v) is 4.87. The number of amides is 2. The molecule has 1 atom stereocenters. The third kappa shape index (κ3) is 3.61. The van der Waals surface area contributed by atoms with Crippen LogP contribution >= 0.6 is 0 Å². The summed E-state index contributed by atoms with van der Waals surface area (Å²) >= 11 is 0. The van der Waals surface area contributed by atoms with Crippen LogP contribution in [0.25, 0.3) is 10.9 Å². The second-order valence-electron chi connectivity index (χ2n) is 6.80. The number of aromatic amines is 1. The zero-order chi connectivity index (χ0) is 19.7. The SMILES string of the molecule is COC1CN(c2n[nH]c3cc(NC(=O)NC(C)c4ccc(F)cc4)ncc23)C1. The Morgan fingerprint density at radius 2 is 2.11 bits per heavy atom. The Morgan fingerprint density at radius 1 is 1.36 bits per heavy atom. The molecular weight excluding hydrogens is 363 g/mol. The highest BCUT2D eigenvalue weighted by Gasteiger charge is 2.29. The maximum absolute atomic E-state index is 13.0. The van der Waals surface area contributed by atoms with Crippen LogP contribution in [0, 0.1) is 5.82 Å². The quantitative estimate of drug-likeness (QED) is 0.629. The lowest BCUT2D eigenvalue weighted by Gasteiger charge is -2.38. The molecule has 0 spiro atoms. The van der Waals surface area contributed by atoms with Crippen LogP contribution in [0.1, 0.15) is 18.5 Å². The molecule has 3 aromatic rings. The number of methoxy groups -OCH3 is 1. The first-order chi connectivity index (χ1) is 13.5. The van der Waals surface area contributed by atoms with E-state index >= 15 is 0 Å². The summed E-state index contributed by atoms with van der Waals surface area (Å²) < 4.78 is 18.3. The molecule has 4 rings (SSSR count). The molecule has 0 aliphatic carbocycles. The van der Waals surface area contributed by atoms with Crippen LogP contribution < -0.4 is 15.5 Å². The zero-order valence-corrected chi connectivity index (χ0v) is 15.6. The predicted molar refractivity (Wildman–Crippen MR) is 104 cm³/mol. The molecule has 1 saturated heterocycles. The number of aromatic nitrogens is 3. The Hall–Kier alpha value is -3.20. The molecule has 0 bridgehead atoms. The Bertz CT molecular complexity index is 984. The number of anilines is 2. The average molecular weight is 384 g/mol. The van der Waals surface area contributed by atoms with Crippen molar-refractivity contribution in [1.29, 1.82) is 0 Å². The number of H-pyrrole nitrogens is 1. The molecule has 146 valence electrons. The predicted octanol–water partition coefficient (Wildman–Crippen LogP) is 2.81. The number of carbonyl (C=O) groups excluding carboxylic acids is 1. The number of benzene rings is 1. The maximum atomic E-state index is 13.0. The molecule has 9 heteroatoms. The number of fused-ring (bicyclic) bond motifs is 1. The number of halogens is 1. The molecule has 1 fully saturated rings. The monoisotopic (exact) mass is 384 g/mol. The van der Waals surface area contributed by atoms with Gasteiger partial charge in [-0.3, -0.25) is 10.4 Å². The molecule has 28 heavy (non-hydrogen) atoms. The molecule has 0 radical (unpaired) electrons. The van der Waals surface area contributed by atoms with E-state index in [1.807, 2.05) is 6.92 Å². The number of hydrogen-bond acceptors (Lipinski definition) is 5. The van der Waals surface area contributed by atoms with Crippen LogP contribution in [-0.2, 0) is 4.74 Å². The van der Waals surface area contributed by atoms with E-state index in [9.17, 15) is 9.18 Å². The van der Waals surface area contributed by atoms with Crippen molar-refractivity contribution in [3.8, 4) is 0 Å². The first-order valence-corrected chi connectivity index (χ1v) is 8.98. The summed E-state index contributed by atoms with van der Waals surface area (Å²) in [4.78, 5) is 18.7. The second-order valence-corrected chi connectivity index (χ2v) is 6.80. The second kappa shape index (κ2) is 7.43. The molecule has 8 nitrogen and oxygen atoms in total. The van der Waals surface area contributed by atoms with Crippen molar-refractivity contribution >= 4 is 28.6 Å². The van der Waals surface area contributed by atoms with Crippen LogP contribution in [0.2, 0.25) is 0 Å². The summed E-state index contributed by atoms with van der Waals surface area (Å²) in [6.07, 6.45) is 1.92. The van der Waals surface area contributed by atoms with Gasteiger partial charge in [0.15, 0.2) is 5.82 Å². The van der Waals surface area contributed by atoms with Crippen molar-refractivity contribution < 1.29 is 13.9 Å². The number of urea groups is 1. The Labute approximate surface area is 161 Å². The van der Waals surface area contributed by atoms with Gasteiger partial charge in [-0.05, 0) is 24.6 Å². The van der Waals surface area contributed by atoms with Crippen molar-refractivity contribution in [3.63, 3.8) is 0 Å². The summed E-state index contributed by atoms with van der Waals surface area (Å²) in [5, 5.41) is 13.7. The Morgan fingerprint density at radius 3 is 2.82 bits per heavy atom. The van der Waals surface area contributed by atoms with E-state index in [4.69, 9.17) is 4.74 Å². The smallest absolute Gasteiger partial charge is 0.320 e. The highest BCUT2D eigenvalue weighted by atomic mass is 19.1. The van der Waals surface area contributed by atoms with E-state index in [0.29, 0.717) is 5.82 Å². The van der Waals surface area contributed by atoms with Crippen LogP contribution in [0.15, 0.2) is 36.5 Å². The van der Waals surface area contributed by atoms with Crippen molar-refractivity contribution in [2.75, 3.05) is 30.4 Å². The van der Waals surface area contributed by atoms with Crippen LogP contribution in [0.3, 0.4) is 0 Å². The normalized spacial score (nSPS) is 15.3. The highest BCUT2D eigenvalue weighted by Crippen LogP contribution is 2.28. The summed E-state index contributed by atoms with van der Waals surface area (Å²) in [6.45, 7) is 3.41. The number of nitrogens with zero attached hydrogens (tertiary/aromatic N) is 3. The number of hydrogen-bond donors (Lipinski definition) is 3. The van der Waals surface area contributed by atoms with Crippen molar-refractivity contribution in [1.82, 2.24) is 20.5 Å². The van der Waals surface area contributed by atoms with Gasteiger partial charge in [-0.2, -0.15) is 5.10 Å². The number of nitrogens with one attached hydrogen (secondary N) is 3. The number of carbonyl (C=O) groups is 1. The van der Waals surface area contributed by atoms with Crippen LogP contribution in [0.4, 0.5) is 20.8 Å². The van der Waals surface area contributed by atoms with Gasteiger partial charge in [-0.25, -0.2) is 14.2 Å². The van der Waals surface area contributed by atoms with Crippen molar-refractivity contribution in [2.24, 2.45) is 0 Å². The summed E-state index contributed by atoms with van der Waals surface area (Å²) in [5.41, 5.74) is 1.59. The first kappa shape index (κ1) is 18.2. The van der Waals surface area contributed by atoms with E-state index in [1.54, 1.807) is 31.5 Å². The van der Waals surface area contributed by atoms with Gasteiger partial charge in [-0.15, -0.1) is 0 Å². The maximum Gasteiger partial charge on any atom is 0.320 e. The first-order valence-electron chi connectivity index (χ1n) is 8.98. The minimum Gasteiger partial charge on any atom is -0.378 e. The number of pyridine rings is 1. The molecule has 1 aliphatic rings. The van der Waals surface area contributed by atoms with E-state index in [1.165, 1.54) is 12.1 Å². The molecule has 3 heterocycles. The van der Waals surface area contributed by atoms with Gasteiger partial charge in [0, 0.05) is 32.5 Å². The largest absolute Gasteiger partial charge is 0.378 e. The molecular formula is C19H21FN6O2.